The molecule has 3 atom stereocenters. The maximum absolute atomic E-state index is 13.7. The van der Waals surface area contributed by atoms with E-state index in [0.29, 0.717) is 5.56 Å². The van der Waals surface area contributed by atoms with Crippen LogP contribution in [0.25, 0.3) is 0 Å². The number of carboxylic acids is 1. The molecule has 1 aliphatic heterocycles. The minimum Gasteiger partial charge on any atom is -0.496 e. The zero-order valence-electron chi connectivity index (χ0n) is 19.3. The fourth-order valence-corrected chi connectivity index (χ4v) is 4.54. The molecule has 0 radical (unpaired) electrons. The molecular formula is C23H32N2O7. The van der Waals surface area contributed by atoms with E-state index in [9.17, 15) is 29.4 Å². The highest BCUT2D eigenvalue weighted by Crippen LogP contribution is 2.47. The number of quaternary nitrogens is 1. The number of ether oxygens (including phenoxy) is 1. The lowest BCUT2D eigenvalue weighted by Gasteiger charge is -2.59. The van der Waals surface area contributed by atoms with Crippen molar-refractivity contribution in [3.8, 4) is 0 Å². The Hall–Kier alpha value is -2.94. The van der Waals surface area contributed by atoms with E-state index in [2.05, 4.69) is 0 Å². The molecule has 1 aromatic carbocycles. The molecule has 176 valence electrons. The van der Waals surface area contributed by atoms with Crippen molar-refractivity contribution in [2.24, 2.45) is 11.3 Å². The Balaban J connectivity index is 2.80. The number of carboxylic acid groups (broad SMARTS) is 2. The number of rotatable bonds is 6. The summed E-state index contributed by atoms with van der Waals surface area (Å²) in [5.74, 6) is -4.47. The highest BCUT2D eigenvalue weighted by atomic mass is 16.5. The quantitative estimate of drug-likeness (QED) is 0.401. The second-order valence-electron chi connectivity index (χ2n) is 9.20. The van der Waals surface area contributed by atoms with Gasteiger partial charge in [-0.15, -0.1) is 0 Å². The zero-order valence-corrected chi connectivity index (χ0v) is 19.3. The van der Waals surface area contributed by atoms with Gasteiger partial charge in [-0.3, -0.25) is 9.59 Å². The number of aliphatic carboxylic acids is 1. The molecule has 0 aromatic heterocycles. The van der Waals surface area contributed by atoms with Crippen molar-refractivity contribution in [2.45, 2.75) is 59.5 Å². The van der Waals surface area contributed by atoms with Crippen LogP contribution in [0.4, 0.5) is 4.79 Å². The van der Waals surface area contributed by atoms with E-state index in [0.717, 1.165) is 5.01 Å². The molecule has 0 spiro atoms. The number of nitrogens with zero attached hydrogens (tertiary/aromatic N) is 2. The number of carbonyl (C=O) groups excluding carboxylic acids is 3. The van der Waals surface area contributed by atoms with Crippen molar-refractivity contribution in [1.29, 1.82) is 0 Å². The molecular weight excluding hydrogens is 416 g/mol. The van der Waals surface area contributed by atoms with E-state index in [4.69, 9.17) is 4.74 Å². The summed E-state index contributed by atoms with van der Waals surface area (Å²) in [6.45, 7) is 7.61. The predicted octanol–water partition coefficient (Wildman–Crippen LogP) is 1.95. The third-order valence-corrected chi connectivity index (χ3v) is 6.25. The first-order valence-corrected chi connectivity index (χ1v) is 10.7. The summed E-state index contributed by atoms with van der Waals surface area (Å²) in [6, 6.07) is 8.63. The fraction of sp³-hybridized carbons (Fsp3) is 0.565. The molecule has 0 aliphatic carbocycles. The average Bonchev–Trinajstić information content (AvgIpc) is 2.72. The molecule has 1 fully saturated rings. The van der Waals surface area contributed by atoms with E-state index >= 15 is 0 Å². The van der Waals surface area contributed by atoms with Gasteiger partial charge in [0.2, 0.25) is 0 Å². The van der Waals surface area contributed by atoms with Gasteiger partial charge in [-0.25, -0.2) is 4.79 Å². The van der Waals surface area contributed by atoms with Crippen LogP contribution < -0.4 is 5.11 Å². The number of benzene rings is 1. The largest absolute Gasteiger partial charge is 0.496 e. The molecule has 1 N–H and O–H groups in total. The molecule has 1 aliphatic rings. The maximum atomic E-state index is 13.7. The van der Waals surface area contributed by atoms with Crippen LogP contribution in [-0.4, -0.2) is 57.3 Å². The van der Waals surface area contributed by atoms with Crippen molar-refractivity contribution < 1.29 is 38.7 Å². The van der Waals surface area contributed by atoms with Gasteiger partial charge in [0.25, 0.3) is 12.0 Å². The van der Waals surface area contributed by atoms with E-state index in [1.54, 1.807) is 58.0 Å². The Morgan fingerprint density at radius 1 is 1.22 bits per heavy atom. The van der Waals surface area contributed by atoms with Gasteiger partial charge in [-0.2, -0.15) is 9.60 Å². The van der Waals surface area contributed by atoms with Gasteiger partial charge in [0.15, 0.2) is 5.54 Å². The molecule has 32 heavy (non-hydrogen) atoms. The van der Waals surface area contributed by atoms with E-state index in [1.807, 2.05) is 0 Å². The van der Waals surface area contributed by atoms with E-state index < -0.39 is 45.4 Å². The van der Waals surface area contributed by atoms with E-state index in [-0.39, 0.29) is 32.5 Å². The zero-order chi connectivity index (χ0) is 24.3. The van der Waals surface area contributed by atoms with E-state index in [1.165, 1.54) is 6.92 Å². The summed E-state index contributed by atoms with van der Waals surface area (Å²) < 4.78 is 3.93. The van der Waals surface area contributed by atoms with Crippen molar-refractivity contribution in [1.82, 2.24) is 5.01 Å². The summed E-state index contributed by atoms with van der Waals surface area (Å²) in [5.41, 5.74) is -2.36. The predicted molar refractivity (Wildman–Crippen MR) is 112 cm³/mol. The number of esters is 1. The summed E-state index contributed by atoms with van der Waals surface area (Å²) in [5, 5.41) is 24.0. The molecule has 0 saturated carbocycles. The summed E-state index contributed by atoms with van der Waals surface area (Å²) >= 11 is 0. The number of hydrogen-bond acceptors (Lipinski definition) is 6. The van der Waals surface area contributed by atoms with Crippen LogP contribution in [0.5, 0.6) is 0 Å². The summed E-state index contributed by atoms with van der Waals surface area (Å²) in [4.78, 5) is 51.7. The normalized spacial score (nSPS) is 24.5. The molecule has 3 unspecified atom stereocenters. The molecule has 2 rings (SSSR count). The monoisotopic (exact) mass is 448 g/mol. The first kappa shape index (κ1) is 25.3. The van der Waals surface area contributed by atoms with Crippen LogP contribution in [0.3, 0.4) is 0 Å². The summed E-state index contributed by atoms with van der Waals surface area (Å²) in [6.07, 6.45) is -1.33. The first-order valence-electron chi connectivity index (χ1n) is 10.7. The summed E-state index contributed by atoms with van der Waals surface area (Å²) in [7, 11) is 0. The molecule has 0 bridgehead atoms. The minimum atomic E-state index is -1.89. The van der Waals surface area contributed by atoms with Gasteiger partial charge in [-0.1, -0.05) is 51.1 Å². The topological polar surface area (TPSA) is 124 Å². The Kier molecular flexibility index (Phi) is 7.34. The number of carbonyl (C=O) groups is 4. The van der Waals surface area contributed by atoms with Crippen molar-refractivity contribution in [3.05, 3.63) is 35.9 Å². The minimum absolute atomic E-state index is 0.0320. The van der Waals surface area contributed by atoms with Gasteiger partial charge in [0.1, 0.15) is 19.0 Å². The Morgan fingerprint density at radius 2 is 1.81 bits per heavy atom. The van der Waals surface area contributed by atoms with Gasteiger partial charge in [0.05, 0.1) is 6.61 Å². The molecule has 1 aromatic rings. The third kappa shape index (κ3) is 4.21. The second-order valence-corrected chi connectivity index (χ2v) is 9.20. The van der Waals surface area contributed by atoms with Crippen LogP contribution in [-0.2, 0) is 25.7 Å². The number of amides is 2. The van der Waals surface area contributed by atoms with Gasteiger partial charge in [0, 0.05) is 17.4 Å². The molecule has 9 nitrogen and oxygen atoms in total. The lowest BCUT2D eigenvalue weighted by Crippen LogP contribution is -2.81. The molecule has 1 heterocycles. The average molecular weight is 449 g/mol. The number of hydrogen-bond donors (Lipinski definition) is 1. The third-order valence-electron chi connectivity index (χ3n) is 6.25. The Bertz CT molecular complexity index is 880. The highest BCUT2D eigenvalue weighted by Gasteiger charge is 2.66. The van der Waals surface area contributed by atoms with Crippen LogP contribution in [0.2, 0.25) is 0 Å². The van der Waals surface area contributed by atoms with Crippen LogP contribution in [0.1, 0.15) is 53.0 Å². The molecule has 9 heteroatoms. The van der Waals surface area contributed by atoms with Gasteiger partial charge >= 0.3 is 11.9 Å². The fourth-order valence-electron chi connectivity index (χ4n) is 4.54. The van der Waals surface area contributed by atoms with Gasteiger partial charge < -0.3 is 19.7 Å². The van der Waals surface area contributed by atoms with Crippen LogP contribution in [0.15, 0.2) is 30.3 Å². The van der Waals surface area contributed by atoms with Crippen molar-refractivity contribution >= 4 is 23.9 Å². The van der Waals surface area contributed by atoms with Crippen LogP contribution in [0, 0.1) is 11.3 Å². The lowest BCUT2D eigenvalue weighted by atomic mass is 9.68. The lowest BCUT2D eigenvalue weighted by molar-refractivity contribution is -0.997. The van der Waals surface area contributed by atoms with Crippen molar-refractivity contribution in [3.63, 3.8) is 0 Å². The van der Waals surface area contributed by atoms with Crippen LogP contribution >= 0.6 is 0 Å². The molecule has 2 amide bonds. The first-order chi connectivity index (χ1) is 14.8. The smallest absolute Gasteiger partial charge is 0.335 e. The molecule has 1 saturated heterocycles. The SMILES string of the molecule is CCOC(=O)C(C)C(=O)N1C(C(=O)O)(C(C)(C)C)CCC[N+]1(Cc1ccccc1)C(=O)[O-]. The maximum Gasteiger partial charge on any atom is 0.335 e. The highest BCUT2D eigenvalue weighted by molar-refractivity contribution is 5.99. The second kappa shape index (κ2) is 9.28. The Morgan fingerprint density at radius 3 is 2.28 bits per heavy atom. The standard InChI is InChI=1S/C23H32N2O7/c1-6-32-19(27)16(2)18(26)24-23(20(28)29,22(3,4)5)13-10-14-25(24,21(30)31)15-17-11-8-7-9-12-17/h7-9,11-12,16H,6,10,13-15H2,1-5H3,(H-,28,29,30,31). The van der Waals surface area contributed by atoms with Gasteiger partial charge in [-0.05, 0) is 20.3 Å². The Labute approximate surface area is 188 Å². The van der Waals surface area contributed by atoms with Crippen molar-refractivity contribution in [2.75, 3.05) is 13.2 Å².